The Morgan fingerprint density at radius 1 is 1.32 bits per heavy atom. The number of imidazole rings is 1. The highest BCUT2D eigenvalue weighted by Crippen LogP contribution is 2.40. The van der Waals surface area contributed by atoms with Gasteiger partial charge in [0.1, 0.15) is 5.52 Å². The van der Waals surface area contributed by atoms with Crippen molar-refractivity contribution in [3.63, 3.8) is 0 Å². The van der Waals surface area contributed by atoms with E-state index in [9.17, 15) is 0 Å². The summed E-state index contributed by atoms with van der Waals surface area (Å²) in [6.45, 7) is 6.70. The zero-order chi connectivity index (χ0) is 13.6. The average Bonchev–Trinajstić information content (AvgIpc) is 2.68. The Hall–Kier alpha value is -1.58. The number of nitrogens with zero attached hydrogens (tertiary/aromatic N) is 3. The van der Waals surface area contributed by atoms with Gasteiger partial charge in [0.15, 0.2) is 5.65 Å². The molecule has 102 valence electrons. The summed E-state index contributed by atoms with van der Waals surface area (Å²) in [6, 6.07) is 2.50. The highest BCUT2D eigenvalue weighted by molar-refractivity contribution is 5.74. The Bertz CT molecular complexity index is 601. The fourth-order valence-corrected chi connectivity index (χ4v) is 3.35. The van der Waals surface area contributed by atoms with Crippen molar-refractivity contribution in [2.45, 2.75) is 46.1 Å². The van der Waals surface area contributed by atoms with Gasteiger partial charge < -0.3 is 5.73 Å². The molecule has 0 saturated heterocycles. The van der Waals surface area contributed by atoms with Crippen LogP contribution in [0.2, 0.25) is 0 Å². The first-order valence-electron chi connectivity index (χ1n) is 7.18. The van der Waals surface area contributed by atoms with Crippen molar-refractivity contribution in [1.82, 2.24) is 14.5 Å². The van der Waals surface area contributed by atoms with Gasteiger partial charge in [0, 0.05) is 12.2 Å². The van der Waals surface area contributed by atoms with E-state index in [1.807, 2.05) is 13.1 Å². The fraction of sp³-hybridized carbons (Fsp3) is 0.600. The van der Waals surface area contributed by atoms with Gasteiger partial charge in [-0.05, 0) is 36.8 Å². The van der Waals surface area contributed by atoms with E-state index in [-0.39, 0.29) is 0 Å². The van der Waals surface area contributed by atoms with E-state index >= 15 is 0 Å². The normalized spacial score (nSPS) is 27.8. The number of hydrogen-bond acceptors (Lipinski definition) is 3. The summed E-state index contributed by atoms with van der Waals surface area (Å²) < 4.78 is 2.16. The Morgan fingerprint density at radius 2 is 2.11 bits per heavy atom. The van der Waals surface area contributed by atoms with Gasteiger partial charge in [-0.3, -0.25) is 4.57 Å². The van der Waals surface area contributed by atoms with Gasteiger partial charge in [-0.2, -0.15) is 0 Å². The summed E-state index contributed by atoms with van der Waals surface area (Å²) in [5.74, 6) is 1.97. The number of nitrogens with two attached hydrogens (primary N) is 1. The number of fused-ring (bicyclic) bond motifs is 1. The van der Waals surface area contributed by atoms with Gasteiger partial charge in [0.05, 0.1) is 0 Å². The Balaban J connectivity index is 2.11. The van der Waals surface area contributed by atoms with Gasteiger partial charge in [-0.25, -0.2) is 9.97 Å². The lowest BCUT2D eigenvalue weighted by molar-refractivity contribution is 0.191. The van der Waals surface area contributed by atoms with Gasteiger partial charge in [-0.1, -0.05) is 26.7 Å². The fourth-order valence-electron chi connectivity index (χ4n) is 3.35. The van der Waals surface area contributed by atoms with Crippen LogP contribution in [0.15, 0.2) is 12.3 Å². The summed E-state index contributed by atoms with van der Waals surface area (Å²) in [4.78, 5) is 9.04. The van der Waals surface area contributed by atoms with Crippen molar-refractivity contribution >= 4 is 17.1 Å². The minimum atomic E-state index is 0.434. The van der Waals surface area contributed by atoms with E-state index < -0.39 is 0 Å². The molecule has 4 heteroatoms. The third-order valence-electron chi connectivity index (χ3n) is 4.69. The second-order valence-electron chi connectivity index (χ2n) is 6.03. The first-order valence-corrected chi connectivity index (χ1v) is 7.18. The highest BCUT2D eigenvalue weighted by atomic mass is 15.2. The molecule has 2 N–H and O–H groups in total. The molecule has 3 rings (SSSR count). The van der Waals surface area contributed by atoms with Crippen LogP contribution < -0.4 is 5.73 Å². The quantitative estimate of drug-likeness (QED) is 0.853. The first kappa shape index (κ1) is 12.5. The minimum absolute atomic E-state index is 0.434. The number of rotatable bonds is 1. The lowest BCUT2D eigenvalue weighted by atomic mass is 9.78. The number of pyridine rings is 1. The molecule has 3 atom stereocenters. The second kappa shape index (κ2) is 4.51. The Morgan fingerprint density at radius 3 is 2.89 bits per heavy atom. The maximum Gasteiger partial charge on any atom is 0.202 e. The predicted molar refractivity (Wildman–Crippen MR) is 77.9 cm³/mol. The third kappa shape index (κ3) is 1.99. The lowest BCUT2D eigenvalue weighted by Crippen LogP contribution is -2.27. The lowest BCUT2D eigenvalue weighted by Gasteiger charge is -2.35. The molecule has 0 radical (unpaired) electrons. The van der Waals surface area contributed by atoms with Crippen LogP contribution in [-0.4, -0.2) is 14.5 Å². The van der Waals surface area contributed by atoms with E-state index in [1.54, 1.807) is 0 Å². The minimum Gasteiger partial charge on any atom is -0.369 e. The number of aromatic nitrogens is 3. The maximum atomic E-state index is 6.15. The van der Waals surface area contributed by atoms with Gasteiger partial charge in [0.25, 0.3) is 0 Å². The van der Waals surface area contributed by atoms with Crippen LogP contribution in [0.5, 0.6) is 0 Å². The van der Waals surface area contributed by atoms with Crippen LogP contribution in [0.4, 0.5) is 5.95 Å². The molecule has 0 spiro atoms. The molecular weight excluding hydrogens is 236 g/mol. The van der Waals surface area contributed by atoms with Crippen LogP contribution in [0, 0.1) is 18.8 Å². The number of hydrogen-bond donors (Lipinski definition) is 1. The molecule has 0 amide bonds. The molecule has 0 aromatic carbocycles. The van der Waals surface area contributed by atoms with Gasteiger partial charge >= 0.3 is 0 Å². The van der Waals surface area contributed by atoms with Crippen molar-refractivity contribution in [1.29, 1.82) is 0 Å². The molecule has 2 aromatic rings. The largest absolute Gasteiger partial charge is 0.369 e. The predicted octanol–water partition coefficient (Wildman–Crippen LogP) is 3.32. The molecule has 2 aromatic heterocycles. The van der Waals surface area contributed by atoms with Crippen LogP contribution in [0.1, 0.15) is 44.7 Å². The molecule has 0 aliphatic heterocycles. The van der Waals surface area contributed by atoms with Gasteiger partial charge in [0.2, 0.25) is 5.95 Å². The van der Waals surface area contributed by atoms with Crippen LogP contribution in [0.25, 0.3) is 11.2 Å². The maximum absolute atomic E-state index is 6.15. The number of aryl methyl sites for hydroxylation is 1. The first-order chi connectivity index (χ1) is 9.08. The molecule has 4 nitrogen and oxygen atoms in total. The zero-order valence-electron chi connectivity index (χ0n) is 11.9. The van der Waals surface area contributed by atoms with E-state index in [4.69, 9.17) is 5.73 Å². The topological polar surface area (TPSA) is 56.7 Å². The van der Waals surface area contributed by atoms with E-state index in [0.717, 1.165) is 22.6 Å². The van der Waals surface area contributed by atoms with Crippen molar-refractivity contribution in [3.05, 3.63) is 17.8 Å². The Labute approximate surface area is 114 Å². The van der Waals surface area contributed by atoms with Crippen molar-refractivity contribution in [3.8, 4) is 0 Å². The molecule has 0 bridgehead atoms. The van der Waals surface area contributed by atoms with E-state index in [2.05, 4.69) is 34.4 Å². The molecule has 2 heterocycles. The molecule has 1 aliphatic carbocycles. The monoisotopic (exact) mass is 258 g/mol. The van der Waals surface area contributed by atoms with Gasteiger partial charge in [-0.15, -0.1) is 0 Å². The third-order valence-corrected chi connectivity index (χ3v) is 4.69. The van der Waals surface area contributed by atoms with E-state index in [1.165, 1.54) is 19.3 Å². The van der Waals surface area contributed by atoms with Crippen LogP contribution in [0.3, 0.4) is 0 Å². The van der Waals surface area contributed by atoms with Crippen molar-refractivity contribution in [2.75, 3.05) is 5.73 Å². The molecule has 3 unspecified atom stereocenters. The van der Waals surface area contributed by atoms with Crippen LogP contribution >= 0.6 is 0 Å². The average molecular weight is 258 g/mol. The summed E-state index contributed by atoms with van der Waals surface area (Å²) in [6.07, 6.45) is 5.66. The molecule has 1 aliphatic rings. The number of anilines is 1. The van der Waals surface area contributed by atoms with Crippen LogP contribution in [-0.2, 0) is 0 Å². The summed E-state index contributed by atoms with van der Waals surface area (Å²) in [5, 5.41) is 0. The molecule has 1 fully saturated rings. The molecule has 1 saturated carbocycles. The summed E-state index contributed by atoms with van der Waals surface area (Å²) in [5.41, 5.74) is 9.14. The van der Waals surface area contributed by atoms with Crippen molar-refractivity contribution in [2.24, 2.45) is 11.8 Å². The molecule has 19 heavy (non-hydrogen) atoms. The summed E-state index contributed by atoms with van der Waals surface area (Å²) in [7, 11) is 0. The van der Waals surface area contributed by atoms with Crippen molar-refractivity contribution < 1.29 is 0 Å². The SMILES string of the molecule is Cc1cnc2c(c1)nc(N)n2C1CCCC(C)C1C. The second-order valence-corrected chi connectivity index (χ2v) is 6.03. The number of nitrogen functional groups attached to an aromatic ring is 1. The Kier molecular flexibility index (Phi) is 2.96. The smallest absolute Gasteiger partial charge is 0.202 e. The molecular formula is C15H22N4. The van der Waals surface area contributed by atoms with E-state index in [0.29, 0.717) is 17.9 Å². The standard InChI is InChI=1S/C15H22N4/c1-9-7-12-14(17-8-9)19(15(16)18-12)13-6-4-5-10(2)11(13)3/h7-8,10-11,13H,4-6H2,1-3H3,(H2,16,18). The zero-order valence-corrected chi connectivity index (χ0v) is 11.9. The highest BCUT2D eigenvalue weighted by Gasteiger charge is 2.30. The summed E-state index contributed by atoms with van der Waals surface area (Å²) >= 11 is 0.